The maximum Gasteiger partial charge on any atom is 0.260 e. The van der Waals surface area contributed by atoms with Crippen LogP contribution in [0, 0.1) is 13.8 Å². The minimum absolute atomic E-state index is 0. The number of furan rings is 1. The molecule has 0 aliphatic heterocycles. The smallest absolute Gasteiger partial charge is 0.260 e. The predicted molar refractivity (Wildman–Crippen MR) is 101 cm³/mol. The summed E-state index contributed by atoms with van der Waals surface area (Å²) in [5.74, 6) is 1.38. The summed E-state index contributed by atoms with van der Waals surface area (Å²) >= 11 is 0. The van der Waals surface area contributed by atoms with Crippen molar-refractivity contribution < 1.29 is 13.9 Å². The average Bonchev–Trinajstić information content (AvgIpc) is 3.04. The molecule has 0 aliphatic rings. The van der Waals surface area contributed by atoms with Crippen LogP contribution in [0.5, 0.6) is 5.75 Å². The van der Waals surface area contributed by atoms with Gasteiger partial charge in [0.1, 0.15) is 11.5 Å². The van der Waals surface area contributed by atoms with Crippen molar-refractivity contribution in [3.63, 3.8) is 0 Å². The number of ether oxygens (including phenoxy) is 1. The SMILES string of the molecule is Cc1ccc(OC(C)C(=O)NCC(c2ccco2)N(C)C)cc1C.Cl. The highest BCUT2D eigenvalue weighted by Crippen LogP contribution is 2.19. The number of hydrogen-bond donors (Lipinski definition) is 1. The second-order valence-electron chi connectivity index (χ2n) is 6.25. The lowest BCUT2D eigenvalue weighted by Gasteiger charge is -2.23. The summed E-state index contributed by atoms with van der Waals surface area (Å²) in [7, 11) is 3.91. The minimum Gasteiger partial charge on any atom is -0.481 e. The van der Waals surface area contributed by atoms with Gasteiger partial charge >= 0.3 is 0 Å². The second kappa shape index (κ2) is 9.49. The molecule has 2 rings (SSSR count). The Morgan fingerprint density at radius 3 is 2.52 bits per heavy atom. The topological polar surface area (TPSA) is 54.7 Å². The molecule has 0 saturated carbocycles. The third-order valence-electron chi connectivity index (χ3n) is 4.13. The lowest BCUT2D eigenvalue weighted by Crippen LogP contribution is -2.40. The highest BCUT2D eigenvalue weighted by Gasteiger charge is 2.20. The number of carbonyl (C=O) groups excluding carboxylic acids is 1. The van der Waals surface area contributed by atoms with Crippen LogP contribution < -0.4 is 10.1 Å². The van der Waals surface area contributed by atoms with Crippen LogP contribution in [0.2, 0.25) is 0 Å². The number of carbonyl (C=O) groups is 1. The molecule has 0 spiro atoms. The highest BCUT2D eigenvalue weighted by molar-refractivity contribution is 5.85. The number of amides is 1. The van der Waals surface area contributed by atoms with Gasteiger partial charge in [0, 0.05) is 6.54 Å². The van der Waals surface area contributed by atoms with Crippen molar-refractivity contribution in [1.82, 2.24) is 10.2 Å². The van der Waals surface area contributed by atoms with Gasteiger partial charge in [-0.1, -0.05) is 6.07 Å². The van der Waals surface area contributed by atoms with E-state index in [1.54, 1.807) is 13.2 Å². The zero-order valence-electron chi connectivity index (χ0n) is 15.4. The predicted octanol–water partition coefficient (Wildman–Crippen LogP) is 3.50. The minimum atomic E-state index is -0.563. The number of nitrogens with one attached hydrogen (secondary N) is 1. The summed E-state index contributed by atoms with van der Waals surface area (Å²) in [6.07, 6.45) is 1.07. The van der Waals surface area contributed by atoms with Gasteiger partial charge in [-0.2, -0.15) is 0 Å². The molecule has 1 amide bonds. The fourth-order valence-electron chi connectivity index (χ4n) is 2.40. The van der Waals surface area contributed by atoms with Crippen molar-refractivity contribution in [2.24, 2.45) is 0 Å². The molecule has 5 nitrogen and oxygen atoms in total. The second-order valence-corrected chi connectivity index (χ2v) is 6.25. The number of hydrogen-bond acceptors (Lipinski definition) is 4. The Bertz CT molecular complexity index is 671. The first-order valence-corrected chi connectivity index (χ1v) is 8.10. The molecule has 138 valence electrons. The third kappa shape index (κ3) is 5.80. The van der Waals surface area contributed by atoms with Crippen LogP contribution >= 0.6 is 12.4 Å². The number of likely N-dealkylation sites (N-methyl/N-ethyl adjacent to an activating group) is 1. The maximum atomic E-state index is 12.3. The van der Waals surface area contributed by atoms with Crippen molar-refractivity contribution in [1.29, 1.82) is 0 Å². The standard InChI is InChI=1S/C19H26N2O3.ClH/c1-13-8-9-16(11-14(13)2)24-15(3)19(22)20-12-17(21(4)5)18-7-6-10-23-18;/h6-11,15,17H,12H2,1-5H3,(H,20,22);1H. The van der Waals surface area contributed by atoms with Gasteiger partial charge in [-0.05, 0) is 70.3 Å². The number of nitrogens with zero attached hydrogens (tertiary/aromatic N) is 1. The lowest BCUT2D eigenvalue weighted by molar-refractivity contribution is -0.127. The van der Waals surface area contributed by atoms with E-state index in [1.165, 1.54) is 5.56 Å². The van der Waals surface area contributed by atoms with Gasteiger partial charge in [-0.15, -0.1) is 12.4 Å². The quantitative estimate of drug-likeness (QED) is 0.814. The van der Waals surface area contributed by atoms with Crippen LogP contribution in [0.1, 0.15) is 29.9 Å². The fraction of sp³-hybridized carbons (Fsp3) is 0.421. The molecule has 1 aromatic carbocycles. The van der Waals surface area contributed by atoms with E-state index in [0.717, 1.165) is 11.3 Å². The van der Waals surface area contributed by atoms with Crippen LogP contribution in [0.3, 0.4) is 0 Å². The Morgan fingerprint density at radius 2 is 1.96 bits per heavy atom. The van der Waals surface area contributed by atoms with Gasteiger partial charge in [0.25, 0.3) is 5.91 Å². The highest BCUT2D eigenvalue weighted by atomic mass is 35.5. The molecule has 6 heteroatoms. The zero-order valence-corrected chi connectivity index (χ0v) is 16.2. The zero-order chi connectivity index (χ0) is 17.7. The van der Waals surface area contributed by atoms with Gasteiger partial charge in [0.15, 0.2) is 6.10 Å². The molecule has 1 aromatic heterocycles. The van der Waals surface area contributed by atoms with Gasteiger partial charge in [-0.3, -0.25) is 9.69 Å². The summed E-state index contributed by atoms with van der Waals surface area (Å²) in [6, 6.07) is 9.57. The lowest BCUT2D eigenvalue weighted by atomic mass is 10.1. The van der Waals surface area contributed by atoms with E-state index in [2.05, 4.69) is 5.32 Å². The fourth-order valence-corrected chi connectivity index (χ4v) is 2.40. The van der Waals surface area contributed by atoms with Crippen molar-refractivity contribution >= 4 is 18.3 Å². The van der Waals surface area contributed by atoms with E-state index >= 15 is 0 Å². The van der Waals surface area contributed by atoms with Crippen molar-refractivity contribution in [2.45, 2.75) is 32.9 Å². The van der Waals surface area contributed by atoms with Crippen molar-refractivity contribution in [2.75, 3.05) is 20.6 Å². The molecular weight excluding hydrogens is 340 g/mol. The van der Waals surface area contributed by atoms with E-state index in [4.69, 9.17) is 9.15 Å². The average molecular weight is 367 g/mol. The van der Waals surface area contributed by atoms with Gasteiger partial charge in [0.2, 0.25) is 0 Å². The normalized spacial score (nSPS) is 13.0. The largest absolute Gasteiger partial charge is 0.481 e. The van der Waals surface area contributed by atoms with E-state index in [-0.39, 0.29) is 24.4 Å². The molecule has 1 N–H and O–H groups in total. The monoisotopic (exact) mass is 366 g/mol. The molecule has 2 unspecified atom stereocenters. The molecule has 2 aromatic rings. The molecule has 1 heterocycles. The summed E-state index contributed by atoms with van der Waals surface area (Å²) < 4.78 is 11.2. The Morgan fingerprint density at radius 1 is 1.24 bits per heavy atom. The molecule has 0 saturated heterocycles. The first-order chi connectivity index (χ1) is 11.4. The van der Waals surface area contributed by atoms with Crippen LogP contribution in [-0.4, -0.2) is 37.6 Å². The van der Waals surface area contributed by atoms with E-state index in [9.17, 15) is 4.79 Å². The summed E-state index contributed by atoms with van der Waals surface area (Å²) in [5, 5.41) is 2.93. The number of rotatable bonds is 7. The van der Waals surface area contributed by atoms with E-state index in [1.807, 2.05) is 63.2 Å². The number of aryl methyl sites for hydroxylation is 2. The van der Waals surface area contributed by atoms with Crippen LogP contribution in [0.15, 0.2) is 41.0 Å². The summed E-state index contributed by atoms with van der Waals surface area (Å²) in [6.45, 7) is 6.28. The van der Waals surface area contributed by atoms with E-state index in [0.29, 0.717) is 12.3 Å². The summed E-state index contributed by atoms with van der Waals surface area (Å²) in [5.41, 5.74) is 2.34. The molecule has 0 fully saturated rings. The molecule has 0 aliphatic carbocycles. The molecule has 0 bridgehead atoms. The van der Waals surface area contributed by atoms with E-state index < -0.39 is 6.10 Å². The molecule has 0 radical (unpaired) electrons. The Balaban J connectivity index is 0.00000312. The maximum absolute atomic E-state index is 12.3. The Labute approximate surface area is 155 Å². The third-order valence-corrected chi connectivity index (χ3v) is 4.13. The van der Waals surface area contributed by atoms with Crippen molar-refractivity contribution in [3.05, 3.63) is 53.5 Å². The van der Waals surface area contributed by atoms with Gasteiger partial charge in [0.05, 0.1) is 12.3 Å². The Kier molecular flexibility index (Phi) is 8.00. The number of halogens is 1. The molecule has 25 heavy (non-hydrogen) atoms. The van der Waals surface area contributed by atoms with Gasteiger partial charge < -0.3 is 14.5 Å². The molecular formula is C19H27ClN2O3. The Hall–Kier alpha value is -1.98. The van der Waals surface area contributed by atoms with Crippen molar-refractivity contribution in [3.8, 4) is 5.75 Å². The first-order valence-electron chi connectivity index (χ1n) is 8.10. The van der Waals surface area contributed by atoms with Gasteiger partial charge in [-0.25, -0.2) is 0 Å². The summed E-state index contributed by atoms with van der Waals surface area (Å²) in [4.78, 5) is 14.3. The first kappa shape index (κ1) is 21.1. The van der Waals surface area contributed by atoms with Crippen LogP contribution in [-0.2, 0) is 4.79 Å². The molecule has 2 atom stereocenters. The van der Waals surface area contributed by atoms with Crippen LogP contribution in [0.25, 0.3) is 0 Å². The van der Waals surface area contributed by atoms with Crippen LogP contribution in [0.4, 0.5) is 0 Å². The number of benzene rings is 1.